The zero-order valence-corrected chi connectivity index (χ0v) is 10.8. The summed E-state index contributed by atoms with van der Waals surface area (Å²) in [6, 6.07) is 0. The van der Waals surface area contributed by atoms with Crippen LogP contribution in [0.25, 0.3) is 0 Å². The van der Waals surface area contributed by atoms with E-state index in [0.29, 0.717) is 13.2 Å². The number of aromatic nitrogens is 2. The van der Waals surface area contributed by atoms with Crippen LogP contribution >= 0.6 is 0 Å². The highest BCUT2D eigenvalue weighted by molar-refractivity contribution is 5.80. The topological polar surface area (TPSA) is 56.2 Å². The van der Waals surface area contributed by atoms with Gasteiger partial charge in [0.1, 0.15) is 11.9 Å². The lowest BCUT2D eigenvalue weighted by Crippen LogP contribution is -2.34. The van der Waals surface area contributed by atoms with Crippen molar-refractivity contribution in [2.75, 3.05) is 6.61 Å². The molecular weight excluding hydrogens is 218 g/mol. The number of ether oxygens (including phenoxy) is 1. The number of hydrogen-bond donors (Lipinski definition) is 1. The van der Waals surface area contributed by atoms with Gasteiger partial charge in [-0.2, -0.15) is 0 Å². The van der Waals surface area contributed by atoms with Gasteiger partial charge in [-0.3, -0.25) is 4.79 Å². The third kappa shape index (κ3) is 4.19. The molecule has 0 aliphatic carbocycles. The Kier molecular flexibility index (Phi) is 5.69. The number of nitrogens with zero attached hydrogens (tertiary/aromatic N) is 2. The summed E-state index contributed by atoms with van der Waals surface area (Å²) in [6.45, 7) is 7.64. The first-order valence-corrected chi connectivity index (χ1v) is 6.08. The van der Waals surface area contributed by atoms with Crippen LogP contribution in [0.1, 0.15) is 33.0 Å². The average molecular weight is 239 g/mol. The average Bonchev–Trinajstić information content (AvgIpc) is 2.74. The first-order valence-electron chi connectivity index (χ1n) is 6.08. The summed E-state index contributed by atoms with van der Waals surface area (Å²) in [5, 5.41) is 2.82. The third-order valence-corrected chi connectivity index (χ3v) is 2.47. The molecule has 0 aliphatic heterocycles. The number of rotatable bonds is 7. The van der Waals surface area contributed by atoms with Gasteiger partial charge in [-0.25, -0.2) is 4.98 Å². The lowest BCUT2D eigenvalue weighted by Gasteiger charge is -2.12. The summed E-state index contributed by atoms with van der Waals surface area (Å²) in [7, 11) is 0. The maximum Gasteiger partial charge on any atom is 0.249 e. The molecule has 1 N–H and O–H groups in total. The monoisotopic (exact) mass is 239 g/mol. The molecule has 0 fully saturated rings. The van der Waals surface area contributed by atoms with E-state index in [0.717, 1.165) is 18.8 Å². The van der Waals surface area contributed by atoms with Crippen molar-refractivity contribution in [2.24, 2.45) is 0 Å². The van der Waals surface area contributed by atoms with Gasteiger partial charge in [0.05, 0.1) is 6.54 Å². The van der Waals surface area contributed by atoms with Gasteiger partial charge < -0.3 is 14.6 Å². The zero-order chi connectivity index (χ0) is 12.7. The van der Waals surface area contributed by atoms with Crippen LogP contribution in [-0.4, -0.2) is 28.2 Å². The van der Waals surface area contributed by atoms with Gasteiger partial charge in [-0.05, 0) is 20.3 Å². The summed E-state index contributed by atoms with van der Waals surface area (Å²) in [6.07, 6.45) is 4.32. The molecule has 0 aromatic carbocycles. The fourth-order valence-electron chi connectivity index (χ4n) is 1.59. The number of amides is 1. The highest BCUT2D eigenvalue weighted by atomic mass is 16.5. The molecule has 5 nitrogen and oxygen atoms in total. The minimum Gasteiger partial charge on any atom is -0.369 e. The van der Waals surface area contributed by atoms with Crippen molar-refractivity contribution in [3.8, 4) is 0 Å². The standard InChI is InChI=1S/C12H21N3O2/c1-4-7-15-8-6-13-11(15)9-14-12(16)10(3)17-5-2/h6,8,10H,4-5,7,9H2,1-3H3,(H,14,16). The van der Waals surface area contributed by atoms with Crippen molar-refractivity contribution < 1.29 is 9.53 Å². The van der Waals surface area contributed by atoms with Gasteiger partial charge in [-0.1, -0.05) is 6.92 Å². The lowest BCUT2D eigenvalue weighted by atomic mass is 10.3. The Bertz CT molecular complexity index is 349. The third-order valence-electron chi connectivity index (χ3n) is 2.47. The van der Waals surface area contributed by atoms with Crippen LogP contribution in [0.15, 0.2) is 12.4 Å². The summed E-state index contributed by atoms with van der Waals surface area (Å²) in [4.78, 5) is 15.8. The smallest absolute Gasteiger partial charge is 0.249 e. The second-order valence-electron chi connectivity index (χ2n) is 3.85. The Morgan fingerprint density at radius 2 is 2.35 bits per heavy atom. The van der Waals surface area contributed by atoms with Crippen molar-refractivity contribution in [2.45, 2.75) is 46.4 Å². The van der Waals surface area contributed by atoms with Gasteiger partial charge in [0.25, 0.3) is 0 Å². The van der Waals surface area contributed by atoms with Gasteiger partial charge >= 0.3 is 0 Å². The summed E-state index contributed by atoms with van der Waals surface area (Å²) >= 11 is 0. The second-order valence-corrected chi connectivity index (χ2v) is 3.85. The normalized spacial score (nSPS) is 12.4. The molecule has 0 saturated heterocycles. The van der Waals surface area contributed by atoms with E-state index in [9.17, 15) is 4.79 Å². The van der Waals surface area contributed by atoms with E-state index in [2.05, 4.69) is 17.2 Å². The van der Waals surface area contributed by atoms with Crippen molar-refractivity contribution in [3.05, 3.63) is 18.2 Å². The first kappa shape index (κ1) is 13.7. The molecule has 0 radical (unpaired) electrons. The molecule has 1 aromatic heterocycles. The Balaban J connectivity index is 2.44. The maximum atomic E-state index is 11.6. The molecule has 96 valence electrons. The van der Waals surface area contributed by atoms with Gasteiger partial charge in [0.15, 0.2) is 0 Å². The number of aryl methyl sites for hydroxylation is 1. The quantitative estimate of drug-likeness (QED) is 0.781. The Hall–Kier alpha value is -1.36. The maximum absolute atomic E-state index is 11.6. The Morgan fingerprint density at radius 1 is 1.59 bits per heavy atom. The summed E-state index contributed by atoms with van der Waals surface area (Å²) < 4.78 is 7.26. The van der Waals surface area contributed by atoms with Crippen LogP contribution in [0.4, 0.5) is 0 Å². The number of nitrogens with one attached hydrogen (secondary N) is 1. The Morgan fingerprint density at radius 3 is 3.00 bits per heavy atom. The molecule has 1 unspecified atom stereocenters. The van der Waals surface area contributed by atoms with Crippen molar-refractivity contribution in [1.29, 1.82) is 0 Å². The molecule has 0 aliphatic rings. The largest absolute Gasteiger partial charge is 0.369 e. The van der Waals surface area contributed by atoms with Crippen LogP contribution in [0.2, 0.25) is 0 Å². The molecule has 1 heterocycles. The number of hydrogen-bond acceptors (Lipinski definition) is 3. The molecule has 1 rings (SSSR count). The van der Waals surface area contributed by atoms with E-state index in [1.807, 2.05) is 17.7 Å². The highest BCUT2D eigenvalue weighted by Gasteiger charge is 2.12. The molecular formula is C12H21N3O2. The van der Waals surface area contributed by atoms with Crippen LogP contribution in [0.3, 0.4) is 0 Å². The van der Waals surface area contributed by atoms with Crippen molar-refractivity contribution in [3.63, 3.8) is 0 Å². The molecule has 17 heavy (non-hydrogen) atoms. The van der Waals surface area contributed by atoms with Gasteiger partial charge in [-0.15, -0.1) is 0 Å². The second kappa shape index (κ2) is 7.06. The van der Waals surface area contributed by atoms with E-state index < -0.39 is 6.10 Å². The molecule has 1 amide bonds. The van der Waals surface area contributed by atoms with Crippen LogP contribution in [-0.2, 0) is 22.6 Å². The van der Waals surface area contributed by atoms with Gasteiger partial charge in [0, 0.05) is 25.5 Å². The van der Waals surface area contributed by atoms with Crippen LogP contribution in [0.5, 0.6) is 0 Å². The SMILES string of the molecule is CCCn1ccnc1CNC(=O)C(C)OCC. The van der Waals surface area contributed by atoms with Crippen LogP contribution in [0, 0.1) is 0 Å². The number of carbonyl (C=O) groups excluding carboxylic acids is 1. The van der Waals surface area contributed by atoms with Crippen LogP contribution < -0.4 is 5.32 Å². The summed E-state index contributed by atoms with van der Waals surface area (Å²) in [5.74, 6) is 0.779. The number of carbonyl (C=O) groups is 1. The van der Waals surface area contributed by atoms with Gasteiger partial charge in [0.2, 0.25) is 5.91 Å². The molecule has 0 spiro atoms. The predicted molar refractivity (Wildman–Crippen MR) is 65.5 cm³/mol. The van der Waals surface area contributed by atoms with E-state index >= 15 is 0 Å². The Labute approximate surface area is 102 Å². The van der Waals surface area contributed by atoms with E-state index in [-0.39, 0.29) is 5.91 Å². The lowest BCUT2D eigenvalue weighted by molar-refractivity contribution is -0.131. The van der Waals surface area contributed by atoms with Crippen molar-refractivity contribution >= 4 is 5.91 Å². The molecule has 1 atom stereocenters. The van der Waals surface area contributed by atoms with E-state index in [1.165, 1.54) is 0 Å². The summed E-state index contributed by atoms with van der Waals surface area (Å²) in [5.41, 5.74) is 0. The highest BCUT2D eigenvalue weighted by Crippen LogP contribution is 1.99. The molecule has 5 heteroatoms. The first-order chi connectivity index (χ1) is 8.19. The minimum absolute atomic E-state index is 0.0992. The van der Waals surface area contributed by atoms with E-state index in [1.54, 1.807) is 13.1 Å². The minimum atomic E-state index is -0.408. The van der Waals surface area contributed by atoms with Crippen molar-refractivity contribution in [1.82, 2.24) is 14.9 Å². The zero-order valence-electron chi connectivity index (χ0n) is 10.8. The van der Waals surface area contributed by atoms with E-state index in [4.69, 9.17) is 4.74 Å². The predicted octanol–water partition coefficient (Wildman–Crippen LogP) is 1.33. The molecule has 0 saturated carbocycles. The fraction of sp³-hybridized carbons (Fsp3) is 0.667. The molecule has 0 bridgehead atoms. The number of imidazole rings is 1. The molecule has 1 aromatic rings. The fourth-order valence-corrected chi connectivity index (χ4v) is 1.59.